The summed E-state index contributed by atoms with van der Waals surface area (Å²) in [5, 5.41) is 4.81. The van der Waals surface area contributed by atoms with Gasteiger partial charge in [-0.1, -0.05) is 26.0 Å². The summed E-state index contributed by atoms with van der Waals surface area (Å²) in [6, 6.07) is 4.74. The average Bonchev–Trinajstić information content (AvgIpc) is 2.42. The Balaban J connectivity index is 2.55. The molecule has 0 heterocycles. The number of nitrogens with two attached hydrogens (primary N) is 1. The minimum absolute atomic E-state index is 0.0427. The van der Waals surface area contributed by atoms with Crippen molar-refractivity contribution in [2.75, 3.05) is 11.9 Å². The van der Waals surface area contributed by atoms with Gasteiger partial charge in [-0.3, -0.25) is 9.59 Å². The Labute approximate surface area is 132 Å². The Kier molecular flexibility index (Phi) is 6.56. The van der Waals surface area contributed by atoms with Gasteiger partial charge in [0.1, 0.15) is 0 Å². The van der Waals surface area contributed by atoms with Crippen LogP contribution < -0.4 is 16.4 Å². The van der Waals surface area contributed by atoms with E-state index in [2.05, 4.69) is 10.6 Å². The molecule has 1 atom stereocenters. The Morgan fingerprint density at radius 1 is 1.26 bits per heavy atom. The van der Waals surface area contributed by atoms with Crippen LogP contribution >= 0.6 is 0 Å². The number of amides is 2. The summed E-state index contributed by atoms with van der Waals surface area (Å²) in [5.74, 6) is -1.07. The van der Waals surface area contributed by atoms with E-state index in [1.165, 1.54) is 24.3 Å². The molecule has 0 fully saturated rings. The Morgan fingerprint density at radius 2 is 1.91 bits per heavy atom. The molecule has 1 aromatic rings. The van der Waals surface area contributed by atoms with E-state index in [9.17, 15) is 22.8 Å². The van der Waals surface area contributed by atoms with Crippen LogP contribution in [0.25, 0.3) is 0 Å². The van der Waals surface area contributed by atoms with Gasteiger partial charge in [0.25, 0.3) is 0 Å². The van der Waals surface area contributed by atoms with Crippen molar-refractivity contribution < 1.29 is 22.8 Å². The SMILES string of the molecule is CC(C)[C@H](N)C(=O)NCC(=O)Nc1cccc(CC(F)(F)F)c1. The Hall–Kier alpha value is -2.09. The molecular weight excluding hydrogens is 311 g/mol. The first-order valence-electron chi connectivity index (χ1n) is 7.07. The van der Waals surface area contributed by atoms with Crippen LogP contribution in [0, 0.1) is 5.92 Å². The van der Waals surface area contributed by atoms with E-state index in [0.717, 1.165) is 0 Å². The zero-order chi connectivity index (χ0) is 17.6. The molecule has 5 nitrogen and oxygen atoms in total. The predicted molar refractivity (Wildman–Crippen MR) is 80.7 cm³/mol. The fourth-order valence-electron chi connectivity index (χ4n) is 1.78. The molecule has 0 saturated carbocycles. The number of hydrogen-bond donors (Lipinski definition) is 3. The monoisotopic (exact) mass is 331 g/mol. The maximum atomic E-state index is 12.3. The highest BCUT2D eigenvalue weighted by Gasteiger charge is 2.27. The van der Waals surface area contributed by atoms with Crippen molar-refractivity contribution >= 4 is 17.5 Å². The van der Waals surface area contributed by atoms with Crippen LogP contribution in [0.2, 0.25) is 0 Å². The molecule has 0 aliphatic heterocycles. The minimum atomic E-state index is -4.32. The molecule has 0 aliphatic carbocycles. The van der Waals surface area contributed by atoms with Gasteiger partial charge in [0.15, 0.2) is 0 Å². The van der Waals surface area contributed by atoms with Crippen molar-refractivity contribution in [1.29, 1.82) is 0 Å². The van der Waals surface area contributed by atoms with Crippen molar-refractivity contribution in [2.24, 2.45) is 11.7 Å². The summed E-state index contributed by atoms with van der Waals surface area (Å²) in [6.07, 6.45) is -5.39. The maximum Gasteiger partial charge on any atom is 0.393 e. The normalized spacial score (nSPS) is 12.8. The molecule has 1 rings (SSSR count). The van der Waals surface area contributed by atoms with Crippen LogP contribution in [0.1, 0.15) is 19.4 Å². The molecule has 2 amide bonds. The lowest BCUT2D eigenvalue weighted by Gasteiger charge is -2.15. The van der Waals surface area contributed by atoms with Gasteiger partial charge < -0.3 is 16.4 Å². The second kappa shape index (κ2) is 7.96. The van der Waals surface area contributed by atoms with Crippen LogP contribution in [0.15, 0.2) is 24.3 Å². The minimum Gasteiger partial charge on any atom is -0.346 e. The van der Waals surface area contributed by atoms with Gasteiger partial charge in [-0.15, -0.1) is 0 Å². The Bertz CT molecular complexity index is 559. The number of alkyl halides is 3. The zero-order valence-electron chi connectivity index (χ0n) is 12.9. The van der Waals surface area contributed by atoms with E-state index in [-0.39, 0.29) is 23.7 Å². The summed E-state index contributed by atoms with van der Waals surface area (Å²) in [7, 11) is 0. The van der Waals surface area contributed by atoms with Gasteiger partial charge in [0.05, 0.1) is 19.0 Å². The van der Waals surface area contributed by atoms with Crippen molar-refractivity contribution in [1.82, 2.24) is 5.32 Å². The standard InChI is InChI=1S/C15H20F3N3O2/c1-9(2)13(19)14(23)20-8-12(22)21-11-5-3-4-10(6-11)7-15(16,17)18/h3-6,9,13H,7-8,19H2,1-2H3,(H,20,23)(H,21,22)/t13-/m0/s1. The van der Waals surface area contributed by atoms with Crippen LogP contribution in [-0.4, -0.2) is 30.6 Å². The van der Waals surface area contributed by atoms with Gasteiger partial charge in [0, 0.05) is 5.69 Å². The van der Waals surface area contributed by atoms with Gasteiger partial charge in [-0.05, 0) is 23.6 Å². The number of hydrogen-bond acceptors (Lipinski definition) is 3. The van der Waals surface area contributed by atoms with Crippen molar-refractivity contribution in [3.05, 3.63) is 29.8 Å². The van der Waals surface area contributed by atoms with Crippen LogP contribution in [0.4, 0.5) is 18.9 Å². The highest BCUT2D eigenvalue weighted by atomic mass is 19.4. The zero-order valence-corrected chi connectivity index (χ0v) is 12.9. The van der Waals surface area contributed by atoms with E-state index in [4.69, 9.17) is 5.73 Å². The van der Waals surface area contributed by atoms with E-state index in [0.29, 0.717) is 0 Å². The van der Waals surface area contributed by atoms with Crippen molar-refractivity contribution in [3.8, 4) is 0 Å². The lowest BCUT2D eigenvalue weighted by Crippen LogP contribution is -2.46. The number of carbonyl (C=O) groups excluding carboxylic acids is 2. The number of rotatable bonds is 6. The molecule has 0 spiro atoms. The van der Waals surface area contributed by atoms with Gasteiger partial charge in [0.2, 0.25) is 11.8 Å². The molecule has 4 N–H and O–H groups in total. The molecule has 1 aromatic carbocycles. The third-order valence-corrected chi connectivity index (χ3v) is 3.06. The summed E-state index contributed by atoms with van der Waals surface area (Å²) in [4.78, 5) is 23.3. The lowest BCUT2D eigenvalue weighted by molar-refractivity contribution is -0.127. The third-order valence-electron chi connectivity index (χ3n) is 3.06. The fourth-order valence-corrected chi connectivity index (χ4v) is 1.78. The predicted octanol–water partition coefficient (Wildman–Crippen LogP) is 1.83. The van der Waals surface area contributed by atoms with Crippen LogP contribution in [-0.2, 0) is 16.0 Å². The lowest BCUT2D eigenvalue weighted by atomic mass is 10.1. The first kappa shape index (κ1) is 19.0. The molecule has 0 radical (unpaired) electrons. The van der Waals surface area contributed by atoms with Crippen LogP contribution in [0.3, 0.4) is 0 Å². The topological polar surface area (TPSA) is 84.2 Å². The van der Waals surface area contributed by atoms with E-state index < -0.39 is 30.5 Å². The highest BCUT2D eigenvalue weighted by molar-refractivity contribution is 5.95. The summed E-state index contributed by atoms with van der Waals surface area (Å²) in [6.45, 7) is 3.25. The van der Waals surface area contributed by atoms with Gasteiger partial charge in [-0.25, -0.2) is 0 Å². The molecule has 0 aliphatic rings. The molecular formula is C15H20F3N3O2. The number of benzene rings is 1. The third kappa shape index (κ3) is 7.14. The van der Waals surface area contributed by atoms with E-state index >= 15 is 0 Å². The maximum absolute atomic E-state index is 12.3. The largest absolute Gasteiger partial charge is 0.393 e. The van der Waals surface area contributed by atoms with E-state index in [1.807, 2.05) is 0 Å². The summed E-state index contributed by atoms with van der Waals surface area (Å²) < 4.78 is 37.0. The van der Waals surface area contributed by atoms with Crippen LogP contribution in [0.5, 0.6) is 0 Å². The summed E-state index contributed by atoms with van der Waals surface area (Å²) in [5.41, 5.74) is 5.91. The first-order valence-corrected chi connectivity index (χ1v) is 7.07. The van der Waals surface area contributed by atoms with Crippen molar-refractivity contribution in [3.63, 3.8) is 0 Å². The Morgan fingerprint density at radius 3 is 2.48 bits per heavy atom. The van der Waals surface area contributed by atoms with Gasteiger partial charge in [-0.2, -0.15) is 13.2 Å². The van der Waals surface area contributed by atoms with Crippen molar-refractivity contribution in [2.45, 2.75) is 32.5 Å². The number of nitrogens with one attached hydrogen (secondary N) is 2. The quantitative estimate of drug-likeness (QED) is 0.743. The summed E-state index contributed by atoms with van der Waals surface area (Å²) >= 11 is 0. The second-order valence-corrected chi connectivity index (χ2v) is 5.53. The molecule has 0 unspecified atom stereocenters. The second-order valence-electron chi connectivity index (χ2n) is 5.53. The molecule has 128 valence electrons. The van der Waals surface area contributed by atoms with E-state index in [1.54, 1.807) is 13.8 Å². The first-order chi connectivity index (χ1) is 10.6. The highest BCUT2D eigenvalue weighted by Crippen LogP contribution is 2.22. The smallest absolute Gasteiger partial charge is 0.346 e. The molecule has 0 bridgehead atoms. The number of halogens is 3. The fraction of sp³-hybridized carbons (Fsp3) is 0.467. The molecule has 23 heavy (non-hydrogen) atoms. The average molecular weight is 331 g/mol. The number of anilines is 1. The van der Waals surface area contributed by atoms with Gasteiger partial charge >= 0.3 is 6.18 Å². The number of carbonyl (C=O) groups is 2. The molecule has 8 heteroatoms. The molecule has 0 aromatic heterocycles. The molecule has 0 saturated heterocycles.